The van der Waals surface area contributed by atoms with Gasteiger partial charge < -0.3 is 4.42 Å². The zero-order valence-electron chi connectivity index (χ0n) is 10.1. The topological polar surface area (TPSA) is 33.5 Å². The van der Waals surface area contributed by atoms with Gasteiger partial charge in [-0.3, -0.25) is 9.69 Å². The van der Waals surface area contributed by atoms with Crippen LogP contribution in [0.5, 0.6) is 0 Å². The molecule has 1 aliphatic heterocycles. The van der Waals surface area contributed by atoms with E-state index in [9.17, 15) is 4.79 Å². The van der Waals surface area contributed by atoms with E-state index < -0.39 is 0 Å². The fraction of sp³-hybridized carbons (Fsp3) is 0. The van der Waals surface area contributed by atoms with Crippen molar-refractivity contribution < 1.29 is 9.21 Å². The van der Waals surface area contributed by atoms with Crippen molar-refractivity contribution in [2.75, 3.05) is 4.90 Å². The van der Waals surface area contributed by atoms with E-state index in [1.807, 2.05) is 24.3 Å². The third-order valence-electron chi connectivity index (χ3n) is 2.70. The number of hydrogen-bond donors (Lipinski definition) is 0. The molecular formula is C14H8BrNO2S2. The molecule has 0 saturated carbocycles. The number of hydrogen-bond acceptors (Lipinski definition) is 4. The molecule has 1 saturated heterocycles. The molecule has 100 valence electrons. The van der Waals surface area contributed by atoms with Crippen molar-refractivity contribution in [1.29, 1.82) is 0 Å². The number of halogens is 1. The van der Waals surface area contributed by atoms with Gasteiger partial charge in [0, 0.05) is 10.5 Å². The quantitative estimate of drug-likeness (QED) is 0.581. The van der Waals surface area contributed by atoms with Crippen LogP contribution in [0.3, 0.4) is 0 Å². The first kappa shape index (κ1) is 13.6. The molecule has 1 aromatic heterocycles. The maximum Gasteiger partial charge on any atom is 0.270 e. The van der Waals surface area contributed by atoms with Crippen LogP contribution in [0.2, 0.25) is 0 Å². The largest absolute Gasteiger partial charge is 0.465 e. The Bertz CT molecular complexity index is 692. The first-order chi connectivity index (χ1) is 9.65. The van der Waals surface area contributed by atoms with E-state index in [1.165, 1.54) is 16.7 Å². The van der Waals surface area contributed by atoms with E-state index in [4.69, 9.17) is 16.6 Å². The smallest absolute Gasteiger partial charge is 0.270 e. The Balaban J connectivity index is 1.93. The standard InChI is InChI=1S/C14H8BrNO2S2/c15-9-3-5-10(6-4-9)16-13(17)12(20-14(16)19)8-11-2-1-7-18-11/h1-8H/b12-8+. The Morgan fingerprint density at radius 1 is 1.25 bits per heavy atom. The van der Waals surface area contributed by atoms with Gasteiger partial charge in [0.15, 0.2) is 4.32 Å². The number of nitrogens with zero attached hydrogens (tertiary/aromatic N) is 1. The summed E-state index contributed by atoms with van der Waals surface area (Å²) in [6.45, 7) is 0. The molecule has 3 nitrogen and oxygen atoms in total. The Labute approximate surface area is 133 Å². The number of furan rings is 1. The Kier molecular flexibility index (Phi) is 3.78. The molecule has 1 amide bonds. The molecule has 0 aliphatic carbocycles. The molecule has 3 rings (SSSR count). The lowest BCUT2D eigenvalue weighted by molar-refractivity contribution is -0.113. The van der Waals surface area contributed by atoms with Crippen LogP contribution in [-0.4, -0.2) is 10.2 Å². The van der Waals surface area contributed by atoms with Gasteiger partial charge in [-0.25, -0.2) is 0 Å². The number of thioether (sulfide) groups is 1. The molecule has 1 fully saturated rings. The minimum absolute atomic E-state index is 0.126. The maximum absolute atomic E-state index is 12.4. The van der Waals surface area contributed by atoms with Crippen molar-refractivity contribution >= 4 is 61.9 Å². The van der Waals surface area contributed by atoms with Gasteiger partial charge in [-0.15, -0.1) is 0 Å². The summed E-state index contributed by atoms with van der Waals surface area (Å²) in [7, 11) is 0. The summed E-state index contributed by atoms with van der Waals surface area (Å²) in [5, 5.41) is 0. The van der Waals surface area contributed by atoms with Crippen LogP contribution in [0.1, 0.15) is 5.76 Å². The normalized spacial score (nSPS) is 17.2. The summed E-state index contributed by atoms with van der Waals surface area (Å²) in [6.07, 6.45) is 3.28. The van der Waals surface area contributed by atoms with Crippen LogP contribution in [0.15, 0.2) is 56.5 Å². The molecule has 1 aromatic carbocycles. The molecule has 0 spiro atoms. The van der Waals surface area contributed by atoms with Gasteiger partial charge >= 0.3 is 0 Å². The van der Waals surface area contributed by atoms with Gasteiger partial charge in [0.1, 0.15) is 5.76 Å². The molecular weight excluding hydrogens is 358 g/mol. The Morgan fingerprint density at radius 2 is 2.00 bits per heavy atom. The lowest BCUT2D eigenvalue weighted by Gasteiger charge is -2.14. The molecule has 0 radical (unpaired) electrons. The highest BCUT2D eigenvalue weighted by Gasteiger charge is 2.33. The third-order valence-corrected chi connectivity index (χ3v) is 4.53. The average Bonchev–Trinajstić information content (AvgIpc) is 3.02. The fourth-order valence-corrected chi connectivity index (χ4v) is 3.33. The maximum atomic E-state index is 12.4. The molecule has 0 atom stereocenters. The van der Waals surface area contributed by atoms with Gasteiger partial charge in [0.25, 0.3) is 5.91 Å². The summed E-state index contributed by atoms with van der Waals surface area (Å²) in [5.74, 6) is 0.514. The third kappa shape index (κ3) is 2.59. The zero-order chi connectivity index (χ0) is 14.1. The van der Waals surface area contributed by atoms with Crippen molar-refractivity contribution in [2.24, 2.45) is 0 Å². The van der Waals surface area contributed by atoms with E-state index >= 15 is 0 Å². The molecule has 0 bridgehead atoms. The Hall–Kier alpha value is -1.37. The highest BCUT2D eigenvalue weighted by atomic mass is 79.9. The first-order valence-electron chi connectivity index (χ1n) is 5.72. The monoisotopic (exact) mass is 365 g/mol. The van der Waals surface area contributed by atoms with Gasteiger partial charge in [-0.1, -0.05) is 39.9 Å². The average molecular weight is 366 g/mol. The van der Waals surface area contributed by atoms with Crippen LogP contribution in [0, 0.1) is 0 Å². The molecule has 20 heavy (non-hydrogen) atoms. The predicted octanol–water partition coefficient (Wildman–Crippen LogP) is 4.45. The van der Waals surface area contributed by atoms with Crippen molar-refractivity contribution in [3.63, 3.8) is 0 Å². The minimum Gasteiger partial charge on any atom is -0.465 e. The van der Waals surface area contributed by atoms with Crippen LogP contribution in [0.4, 0.5) is 5.69 Å². The van der Waals surface area contributed by atoms with Gasteiger partial charge in [-0.05, 0) is 36.4 Å². The summed E-state index contributed by atoms with van der Waals surface area (Å²) in [5.41, 5.74) is 0.763. The van der Waals surface area contributed by atoms with Crippen LogP contribution >= 0.6 is 39.9 Å². The van der Waals surface area contributed by atoms with E-state index in [1.54, 1.807) is 24.5 Å². The van der Waals surface area contributed by atoms with E-state index in [0.29, 0.717) is 15.0 Å². The molecule has 0 N–H and O–H groups in total. The number of thiocarbonyl (C=S) groups is 1. The van der Waals surface area contributed by atoms with Crippen molar-refractivity contribution in [3.8, 4) is 0 Å². The fourth-order valence-electron chi connectivity index (χ4n) is 1.78. The SMILES string of the molecule is O=C1/C(=C\c2ccco2)SC(=S)N1c1ccc(Br)cc1. The summed E-state index contributed by atoms with van der Waals surface area (Å²) in [4.78, 5) is 14.5. The van der Waals surface area contributed by atoms with E-state index in [2.05, 4.69) is 15.9 Å². The lowest BCUT2D eigenvalue weighted by atomic mass is 10.3. The summed E-state index contributed by atoms with van der Waals surface area (Å²) in [6, 6.07) is 11.0. The van der Waals surface area contributed by atoms with Gasteiger partial charge in [0.2, 0.25) is 0 Å². The number of anilines is 1. The van der Waals surface area contributed by atoms with Crippen LogP contribution in [0.25, 0.3) is 6.08 Å². The zero-order valence-corrected chi connectivity index (χ0v) is 13.3. The van der Waals surface area contributed by atoms with Gasteiger partial charge in [-0.2, -0.15) is 0 Å². The molecule has 0 unspecified atom stereocenters. The minimum atomic E-state index is -0.126. The van der Waals surface area contributed by atoms with Crippen molar-refractivity contribution in [2.45, 2.75) is 0 Å². The number of carbonyl (C=O) groups excluding carboxylic acids is 1. The molecule has 2 aromatic rings. The van der Waals surface area contributed by atoms with Crippen molar-refractivity contribution in [3.05, 3.63) is 57.8 Å². The second kappa shape index (κ2) is 5.55. The highest BCUT2D eigenvalue weighted by Crippen LogP contribution is 2.36. The first-order valence-corrected chi connectivity index (χ1v) is 7.74. The number of benzene rings is 1. The summed E-state index contributed by atoms with van der Waals surface area (Å²) >= 11 is 9.94. The van der Waals surface area contributed by atoms with Crippen LogP contribution < -0.4 is 4.90 Å². The lowest BCUT2D eigenvalue weighted by Crippen LogP contribution is -2.27. The number of amides is 1. The highest BCUT2D eigenvalue weighted by molar-refractivity contribution is 9.10. The second-order valence-corrected chi connectivity index (χ2v) is 6.60. The number of rotatable bonds is 2. The molecule has 6 heteroatoms. The number of carbonyl (C=O) groups is 1. The van der Waals surface area contributed by atoms with Crippen LogP contribution in [-0.2, 0) is 4.79 Å². The van der Waals surface area contributed by atoms with Gasteiger partial charge in [0.05, 0.1) is 16.9 Å². The molecule has 1 aliphatic rings. The van der Waals surface area contributed by atoms with E-state index in [0.717, 1.165) is 10.2 Å². The second-order valence-electron chi connectivity index (χ2n) is 4.01. The summed E-state index contributed by atoms with van der Waals surface area (Å²) < 4.78 is 6.71. The van der Waals surface area contributed by atoms with Crippen molar-refractivity contribution in [1.82, 2.24) is 0 Å². The Morgan fingerprint density at radius 3 is 2.65 bits per heavy atom. The predicted molar refractivity (Wildman–Crippen MR) is 88.5 cm³/mol. The van der Waals surface area contributed by atoms with E-state index in [-0.39, 0.29) is 5.91 Å². The molecule has 2 heterocycles.